The largest absolute Gasteiger partial charge is 0.465 e. The summed E-state index contributed by atoms with van der Waals surface area (Å²) in [5.41, 5.74) is 4.04. The predicted molar refractivity (Wildman–Crippen MR) is 127 cm³/mol. The number of rotatable bonds is 7. The van der Waals surface area contributed by atoms with E-state index in [0.29, 0.717) is 21.6 Å². The highest BCUT2D eigenvalue weighted by atomic mass is 32.2. The van der Waals surface area contributed by atoms with Crippen molar-refractivity contribution >= 4 is 51.0 Å². The molecule has 2 heterocycles. The zero-order valence-corrected chi connectivity index (χ0v) is 19.1. The number of nitrogens with zero attached hydrogens (tertiary/aromatic N) is 3. The van der Waals surface area contributed by atoms with Crippen LogP contribution in [-0.4, -0.2) is 39.4 Å². The Bertz CT molecular complexity index is 1270. The maximum atomic E-state index is 13.1. The number of fused-ring (bicyclic) bond motifs is 1. The van der Waals surface area contributed by atoms with Gasteiger partial charge in [0, 0.05) is 10.9 Å². The Labute approximate surface area is 193 Å². The van der Waals surface area contributed by atoms with Crippen molar-refractivity contribution in [1.29, 1.82) is 0 Å². The monoisotopic (exact) mass is 464 g/mol. The van der Waals surface area contributed by atoms with Crippen molar-refractivity contribution in [3.05, 3.63) is 65.7 Å². The minimum Gasteiger partial charge on any atom is -0.465 e. The summed E-state index contributed by atoms with van der Waals surface area (Å²) in [6.45, 7) is 4.12. The second-order valence-corrected chi connectivity index (χ2v) is 9.06. The number of benzene rings is 2. The molecule has 0 saturated heterocycles. The van der Waals surface area contributed by atoms with Gasteiger partial charge >= 0.3 is 5.97 Å². The first-order valence-electron chi connectivity index (χ1n) is 9.93. The van der Waals surface area contributed by atoms with E-state index in [1.807, 2.05) is 55.5 Å². The second-order valence-electron chi connectivity index (χ2n) is 6.86. The lowest BCUT2D eigenvalue weighted by molar-refractivity contribution is -0.139. The molecule has 0 radical (unpaired) electrons. The van der Waals surface area contributed by atoms with Gasteiger partial charge in [0.15, 0.2) is 4.34 Å². The number of nitrogens with one attached hydrogen (secondary N) is 1. The van der Waals surface area contributed by atoms with Gasteiger partial charge in [-0.25, -0.2) is 4.98 Å². The first-order valence-corrected chi connectivity index (χ1v) is 11.7. The molecule has 32 heavy (non-hydrogen) atoms. The summed E-state index contributed by atoms with van der Waals surface area (Å²) < 4.78 is 5.49. The standard InChI is InChI=1S/C23H20N4O3S2/c1-3-30-20(28)13-31-23-27-26-22(32-23)25-21(29)17-12-19(15-10-8-14(2)9-11-15)24-18-7-5-4-6-16(17)18/h4-12H,3,13H2,1-2H3,(H,25,26,29). The summed E-state index contributed by atoms with van der Waals surface area (Å²) in [4.78, 5) is 29.4. The maximum Gasteiger partial charge on any atom is 0.316 e. The first kappa shape index (κ1) is 21.9. The van der Waals surface area contributed by atoms with Crippen molar-refractivity contribution in [3.63, 3.8) is 0 Å². The molecule has 0 aliphatic carbocycles. The molecule has 4 rings (SSSR count). The molecule has 0 atom stereocenters. The van der Waals surface area contributed by atoms with Crippen LogP contribution in [0.15, 0.2) is 58.9 Å². The molecule has 4 aromatic rings. The van der Waals surface area contributed by atoms with E-state index in [-0.39, 0.29) is 17.6 Å². The number of hydrogen-bond donors (Lipinski definition) is 1. The van der Waals surface area contributed by atoms with Crippen LogP contribution in [0, 0.1) is 6.92 Å². The summed E-state index contributed by atoms with van der Waals surface area (Å²) in [6, 6.07) is 17.3. The molecule has 0 aliphatic heterocycles. The van der Waals surface area contributed by atoms with Crippen LogP contribution < -0.4 is 5.32 Å². The normalized spacial score (nSPS) is 10.8. The number of thioether (sulfide) groups is 1. The van der Waals surface area contributed by atoms with Gasteiger partial charge in [0.1, 0.15) is 0 Å². The van der Waals surface area contributed by atoms with Gasteiger partial charge in [0.2, 0.25) is 5.13 Å². The number of hydrogen-bond acceptors (Lipinski definition) is 8. The molecule has 0 unspecified atom stereocenters. The van der Waals surface area contributed by atoms with Crippen molar-refractivity contribution in [3.8, 4) is 11.3 Å². The van der Waals surface area contributed by atoms with Gasteiger partial charge in [-0.05, 0) is 26.0 Å². The van der Waals surface area contributed by atoms with E-state index in [1.165, 1.54) is 23.1 Å². The zero-order valence-electron chi connectivity index (χ0n) is 17.5. The number of anilines is 1. The third-order valence-electron chi connectivity index (χ3n) is 4.55. The Kier molecular flexibility index (Phi) is 6.77. The molecule has 7 nitrogen and oxygen atoms in total. The molecule has 9 heteroatoms. The molecule has 2 aromatic carbocycles. The Morgan fingerprint density at radius 3 is 2.66 bits per heavy atom. The Hall–Kier alpha value is -3.30. The van der Waals surface area contributed by atoms with Crippen molar-refractivity contribution in [2.24, 2.45) is 0 Å². The fraction of sp³-hybridized carbons (Fsp3) is 0.174. The molecule has 0 bridgehead atoms. The summed E-state index contributed by atoms with van der Waals surface area (Å²) in [6.07, 6.45) is 0. The van der Waals surface area contributed by atoms with Gasteiger partial charge in [-0.1, -0.05) is 71.1 Å². The number of para-hydroxylation sites is 1. The molecule has 0 aliphatic rings. The molecule has 162 valence electrons. The van der Waals surface area contributed by atoms with Crippen molar-refractivity contribution < 1.29 is 14.3 Å². The van der Waals surface area contributed by atoms with E-state index in [1.54, 1.807) is 13.0 Å². The fourth-order valence-electron chi connectivity index (χ4n) is 3.04. The van der Waals surface area contributed by atoms with Crippen LogP contribution in [0.25, 0.3) is 22.2 Å². The lowest BCUT2D eigenvalue weighted by Crippen LogP contribution is -2.13. The third-order valence-corrected chi connectivity index (χ3v) is 6.50. The lowest BCUT2D eigenvalue weighted by Gasteiger charge is -2.09. The molecule has 2 aromatic heterocycles. The molecular weight excluding hydrogens is 444 g/mol. The highest BCUT2D eigenvalue weighted by Gasteiger charge is 2.16. The van der Waals surface area contributed by atoms with Crippen molar-refractivity contribution in [2.75, 3.05) is 17.7 Å². The number of aromatic nitrogens is 3. The summed E-state index contributed by atoms with van der Waals surface area (Å²) in [5.74, 6) is -0.467. The van der Waals surface area contributed by atoms with E-state index in [0.717, 1.165) is 27.7 Å². The summed E-state index contributed by atoms with van der Waals surface area (Å²) in [7, 11) is 0. The van der Waals surface area contributed by atoms with Gasteiger partial charge in [0.25, 0.3) is 5.91 Å². The fourth-order valence-corrected chi connectivity index (χ4v) is 4.59. The Balaban J connectivity index is 1.58. The van der Waals surface area contributed by atoms with Crippen LogP contribution in [0.5, 0.6) is 0 Å². The van der Waals surface area contributed by atoms with E-state index in [9.17, 15) is 9.59 Å². The highest BCUT2D eigenvalue weighted by molar-refractivity contribution is 8.01. The number of carbonyl (C=O) groups excluding carboxylic acids is 2. The third kappa shape index (κ3) is 5.12. The van der Waals surface area contributed by atoms with Gasteiger partial charge < -0.3 is 4.74 Å². The Morgan fingerprint density at radius 1 is 1.09 bits per heavy atom. The minimum absolute atomic E-state index is 0.144. The van der Waals surface area contributed by atoms with Gasteiger partial charge in [-0.2, -0.15) is 0 Å². The predicted octanol–water partition coefficient (Wildman–Crippen LogP) is 4.97. The van der Waals surface area contributed by atoms with Gasteiger partial charge in [0.05, 0.1) is 29.1 Å². The minimum atomic E-state index is -0.315. The SMILES string of the molecule is CCOC(=O)CSc1nnc(NC(=O)c2cc(-c3ccc(C)cc3)nc3ccccc23)s1. The van der Waals surface area contributed by atoms with Crippen LogP contribution in [0.4, 0.5) is 5.13 Å². The van der Waals surface area contributed by atoms with Gasteiger partial charge in [-0.3, -0.25) is 14.9 Å². The van der Waals surface area contributed by atoms with Crippen LogP contribution >= 0.6 is 23.1 Å². The highest BCUT2D eigenvalue weighted by Crippen LogP contribution is 2.28. The quantitative estimate of drug-likeness (QED) is 0.234. The van der Waals surface area contributed by atoms with Crippen LogP contribution in [0.1, 0.15) is 22.8 Å². The molecule has 0 spiro atoms. The number of amides is 1. The van der Waals surface area contributed by atoms with Gasteiger partial charge in [-0.15, -0.1) is 10.2 Å². The van der Waals surface area contributed by atoms with E-state index in [4.69, 9.17) is 9.72 Å². The Morgan fingerprint density at radius 2 is 1.88 bits per heavy atom. The smallest absolute Gasteiger partial charge is 0.316 e. The second kappa shape index (κ2) is 9.88. The summed E-state index contributed by atoms with van der Waals surface area (Å²) in [5, 5.41) is 12.0. The number of pyridine rings is 1. The first-order chi connectivity index (χ1) is 15.5. The number of aryl methyl sites for hydroxylation is 1. The molecule has 1 amide bonds. The maximum absolute atomic E-state index is 13.1. The average Bonchev–Trinajstić information content (AvgIpc) is 3.25. The van der Waals surface area contributed by atoms with E-state index < -0.39 is 0 Å². The van der Waals surface area contributed by atoms with Crippen molar-refractivity contribution in [2.45, 2.75) is 18.2 Å². The van der Waals surface area contributed by atoms with Crippen LogP contribution in [0.2, 0.25) is 0 Å². The van der Waals surface area contributed by atoms with Crippen LogP contribution in [-0.2, 0) is 9.53 Å². The van der Waals surface area contributed by atoms with E-state index in [2.05, 4.69) is 15.5 Å². The number of esters is 1. The summed E-state index contributed by atoms with van der Waals surface area (Å²) >= 11 is 2.43. The molecule has 0 fully saturated rings. The van der Waals surface area contributed by atoms with E-state index >= 15 is 0 Å². The topological polar surface area (TPSA) is 94.1 Å². The molecule has 1 N–H and O–H groups in total. The lowest BCUT2D eigenvalue weighted by atomic mass is 10.0. The zero-order chi connectivity index (χ0) is 22.5. The molecule has 0 saturated carbocycles. The average molecular weight is 465 g/mol. The molecular formula is C23H20N4O3S2. The van der Waals surface area contributed by atoms with Crippen molar-refractivity contribution in [1.82, 2.24) is 15.2 Å². The number of carbonyl (C=O) groups is 2. The number of ether oxygens (including phenoxy) is 1. The van der Waals surface area contributed by atoms with Crippen LogP contribution in [0.3, 0.4) is 0 Å².